The molecule has 11 aromatic carbocycles. The predicted molar refractivity (Wildman–Crippen MR) is 288 cm³/mol. The molecule has 0 unspecified atom stereocenters. The van der Waals surface area contributed by atoms with E-state index in [-0.39, 0.29) is 0 Å². The largest absolute Gasteiger partial charge is 0.310 e. The van der Waals surface area contributed by atoms with Crippen LogP contribution in [-0.2, 0) is 0 Å². The second-order valence-corrected chi connectivity index (χ2v) is 18.2. The highest BCUT2D eigenvalue weighted by molar-refractivity contribution is 7.26. The molecule has 0 saturated heterocycles. The highest BCUT2D eigenvalue weighted by Gasteiger charge is 2.22. The molecule has 0 amide bonds. The maximum Gasteiger partial charge on any atom is 0.0619 e. The fraction of sp³-hybridized carbons (Fsp3) is 0. The van der Waals surface area contributed by atoms with Gasteiger partial charge in [-0.3, -0.25) is 0 Å². The lowest BCUT2D eigenvalue weighted by molar-refractivity contribution is 1.18. The summed E-state index contributed by atoms with van der Waals surface area (Å²) in [4.78, 5) is 2.46. The number of thiophene rings is 1. The molecule has 0 atom stereocenters. The van der Waals surface area contributed by atoms with Gasteiger partial charge in [-0.15, -0.1) is 11.3 Å². The van der Waals surface area contributed by atoms with Gasteiger partial charge < -0.3 is 9.47 Å². The van der Waals surface area contributed by atoms with Gasteiger partial charge in [0.05, 0.1) is 16.7 Å². The Bertz CT molecular complexity index is 3970. The summed E-state index contributed by atoms with van der Waals surface area (Å²) in [7, 11) is 0. The predicted octanol–water partition coefficient (Wildman–Crippen LogP) is 18.4. The van der Waals surface area contributed by atoms with E-state index in [0.717, 1.165) is 33.9 Å². The van der Waals surface area contributed by atoms with Gasteiger partial charge >= 0.3 is 0 Å². The molecular weight excluding hydrogens is 829 g/mol. The van der Waals surface area contributed by atoms with E-state index < -0.39 is 0 Å². The third-order valence-corrected chi connectivity index (χ3v) is 14.6. The van der Waals surface area contributed by atoms with Crippen LogP contribution in [0, 0.1) is 0 Å². The lowest BCUT2D eigenvalue weighted by Gasteiger charge is -2.29. The van der Waals surface area contributed by atoms with Gasteiger partial charge in [-0.05, 0) is 98.8 Å². The number of anilines is 3. The summed E-state index contributed by atoms with van der Waals surface area (Å²) in [5, 5.41) is 7.55. The Balaban J connectivity index is 1.03. The third kappa shape index (κ3) is 6.55. The van der Waals surface area contributed by atoms with Gasteiger partial charge in [-0.25, -0.2) is 0 Å². The van der Waals surface area contributed by atoms with Gasteiger partial charge in [-0.2, -0.15) is 0 Å². The Labute approximate surface area is 393 Å². The third-order valence-electron chi connectivity index (χ3n) is 13.4. The van der Waals surface area contributed by atoms with Crippen molar-refractivity contribution >= 4 is 81.1 Å². The van der Waals surface area contributed by atoms with E-state index in [9.17, 15) is 0 Å². The minimum absolute atomic E-state index is 1.08. The van der Waals surface area contributed by atoms with Gasteiger partial charge in [0.2, 0.25) is 0 Å². The number of nitrogens with zero attached hydrogens (tertiary/aromatic N) is 2. The summed E-state index contributed by atoms with van der Waals surface area (Å²) < 4.78 is 5.06. The zero-order valence-corrected chi connectivity index (χ0v) is 37.4. The van der Waals surface area contributed by atoms with Crippen LogP contribution in [-0.4, -0.2) is 4.57 Å². The second kappa shape index (κ2) is 16.2. The van der Waals surface area contributed by atoms with Crippen molar-refractivity contribution in [1.82, 2.24) is 4.57 Å². The summed E-state index contributed by atoms with van der Waals surface area (Å²) in [6.45, 7) is 0. The number of fused-ring (bicyclic) bond motifs is 7. The molecule has 0 spiro atoms. The molecule has 67 heavy (non-hydrogen) atoms. The highest BCUT2D eigenvalue weighted by atomic mass is 32.1. The summed E-state index contributed by atoms with van der Waals surface area (Å²) in [6.07, 6.45) is 0. The molecule has 2 aromatic heterocycles. The quantitative estimate of drug-likeness (QED) is 0.148. The molecule has 314 valence electrons. The van der Waals surface area contributed by atoms with Crippen LogP contribution in [0.15, 0.2) is 255 Å². The zero-order valence-electron chi connectivity index (χ0n) is 36.6. The number of benzene rings is 11. The average Bonchev–Trinajstić information content (AvgIpc) is 3.96. The first-order valence-corrected chi connectivity index (χ1v) is 23.7. The number of aromatic nitrogens is 1. The summed E-state index contributed by atoms with van der Waals surface area (Å²) in [5.41, 5.74) is 16.4. The molecule has 3 heteroatoms. The molecular formula is C64H42N2S. The molecule has 0 radical (unpaired) electrons. The van der Waals surface area contributed by atoms with Crippen molar-refractivity contribution in [2.24, 2.45) is 0 Å². The summed E-state index contributed by atoms with van der Waals surface area (Å²) in [5.74, 6) is 0. The fourth-order valence-corrected chi connectivity index (χ4v) is 11.7. The number of rotatable bonds is 8. The minimum atomic E-state index is 1.08. The van der Waals surface area contributed by atoms with Crippen LogP contribution < -0.4 is 4.90 Å². The van der Waals surface area contributed by atoms with E-state index in [1.807, 2.05) is 11.3 Å². The summed E-state index contributed by atoms with van der Waals surface area (Å²) in [6, 6.07) is 93.2. The number of hydrogen-bond donors (Lipinski definition) is 0. The number of hydrogen-bond acceptors (Lipinski definition) is 2. The van der Waals surface area contributed by atoms with Crippen molar-refractivity contribution in [1.29, 1.82) is 0 Å². The Morgan fingerprint density at radius 3 is 1.76 bits per heavy atom. The van der Waals surface area contributed by atoms with Crippen molar-refractivity contribution < 1.29 is 0 Å². The lowest BCUT2D eigenvalue weighted by atomic mass is 9.90. The van der Waals surface area contributed by atoms with Gasteiger partial charge in [0.15, 0.2) is 0 Å². The average molecular weight is 871 g/mol. The van der Waals surface area contributed by atoms with E-state index in [1.165, 1.54) is 86.1 Å². The Hall–Kier alpha value is -8.50. The van der Waals surface area contributed by atoms with Gasteiger partial charge in [0.1, 0.15) is 0 Å². The number of para-hydroxylation sites is 4. The van der Waals surface area contributed by atoms with Gasteiger partial charge in [0.25, 0.3) is 0 Å². The van der Waals surface area contributed by atoms with Crippen LogP contribution in [0.1, 0.15) is 0 Å². The summed E-state index contributed by atoms with van der Waals surface area (Å²) >= 11 is 1.88. The Morgan fingerprint density at radius 1 is 0.343 bits per heavy atom. The lowest BCUT2D eigenvalue weighted by Crippen LogP contribution is -2.11. The molecule has 0 bridgehead atoms. The van der Waals surface area contributed by atoms with Crippen LogP contribution in [0.2, 0.25) is 0 Å². The van der Waals surface area contributed by atoms with E-state index in [0.29, 0.717) is 0 Å². The molecule has 0 aliphatic rings. The molecule has 2 nitrogen and oxygen atoms in total. The Morgan fingerprint density at radius 2 is 0.925 bits per heavy atom. The maximum atomic E-state index is 2.46. The SMILES string of the molecule is c1ccc(-c2cccc3cccc(-c4ccccc4N(c4ccc(-c5cccc6c5sc5ccccc56)cc4)c4cccc(-c5cccc6c7ccccc7n(-c7ccccc7)c56)c4)c23)cc1. The minimum Gasteiger partial charge on any atom is -0.310 e. The fourth-order valence-electron chi connectivity index (χ4n) is 10.4. The van der Waals surface area contributed by atoms with Crippen LogP contribution in [0.3, 0.4) is 0 Å². The first-order valence-electron chi connectivity index (χ1n) is 22.9. The Kier molecular flexibility index (Phi) is 9.40. The standard InChI is InChI=1S/C64H42N2S/c1-3-18-43(19-4-1)50-29-14-20-45-21-15-32-56(62(45)50)53-26-7-10-35-59(53)65(48-40-38-44(39-41-48)52-31-17-34-58-55-28-9-12-37-61(55)67-64(52)58)49-25-13-22-46(42-49)51-30-16-33-57-54-27-8-11-36-60(54)66(63(51)57)47-23-5-2-6-24-47/h1-42H. The van der Waals surface area contributed by atoms with Crippen LogP contribution in [0.4, 0.5) is 17.1 Å². The molecule has 0 saturated carbocycles. The monoisotopic (exact) mass is 870 g/mol. The zero-order chi connectivity index (χ0) is 44.3. The molecule has 0 aliphatic carbocycles. The maximum absolute atomic E-state index is 2.46. The molecule has 0 fully saturated rings. The second-order valence-electron chi connectivity index (χ2n) is 17.2. The van der Waals surface area contributed by atoms with Crippen LogP contribution in [0.5, 0.6) is 0 Å². The van der Waals surface area contributed by atoms with E-state index >= 15 is 0 Å². The van der Waals surface area contributed by atoms with Crippen LogP contribution in [0.25, 0.3) is 103 Å². The van der Waals surface area contributed by atoms with Crippen LogP contribution >= 0.6 is 11.3 Å². The van der Waals surface area contributed by atoms with Gasteiger partial charge in [0, 0.05) is 59.1 Å². The molecule has 2 heterocycles. The first kappa shape index (κ1) is 38.9. The van der Waals surface area contributed by atoms with Crippen molar-refractivity contribution in [3.8, 4) is 50.2 Å². The van der Waals surface area contributed by atoms with E-state index in [2.05, 4.69) is 264 Å². The van der Waals surface area contributed by atoms with Gasteiger partial charge in [-0.1, -0.05) is 200 Å². The van der Waals surface area contributed by atoms with E-state index in [1.54, 1.807) is 0 Å². The molecule has 0 N–H and O–H groups in total. The molecule has 13 aromatic rings. The van der Waals surface area contributed by atoms with E-state index in [4.69, 9.17) is 0 Å². The smallest absolute Gasteiger partial charge is 0.0619 e. The topological polar surface area (TPSA) is 8.17 Å². The van der Waals surface area contributed by atoms with Crippen molar-refractivity contribution in [2.75, 3.05) is 4.90 Å². The van der Waals surface area contributed by atoms with Crippen molar-refractivity contribution in [3.05, 3.63) is 255 Å². The highest BCUT2D eigenvalue weighted by Crippen LogP contribution is 2.47. The van der Waals surface area contributed by atoms with Crippen molar-refractivity contribution in [2.45, 2.75) is 0 Å². The molecule has 13 rings (SSSR count). The normalized spacial score (nSPS) is 11.6. The van der Waals surface area contributed by atoms with Crippen molar-refractivity contribution in [3.63, 3.8) is 0 Å². The molecule has 0 aliphatic heterocycles. The first-order chi connectivity index (χ1) is 33.3.